The van der Waals surface area contributed by atoms with Gasteiger partial charge in [-0.05, 0) is 12.2 Å². The van der Waals surface area contributed by atoms with E-state index in [0.717, 1.165) is 0 Å². The van der Waals surface area contributed by atoms with Crippen molar-refractivity contribution in [3.8, 4) is 0 Å². The number of nitrogens with one attached hydrogen (secondary N) is 1. The van der Waals surface area contributed by atoms with E-state index in [9.17, 15) is 0 Å². The molecule has 0 rings (SSSR count). The Bertz CT molecular complexity index is 29.0. The minimum absolute atomic E-state index is 0.250. The molecule has 0 unspecified atom stereocenters. The molecule has 1 radical (unpaired) electrons. The molecular weight excluding hydrogens is 72.1 g/mol. The van der Waals surface area contributed by atoms with Crippen molar-refractivity contribution in [1.82, 2.24) is 5.73 Å². The Morgan fingerprint density at radius 2 is 2.00 bits per heavy atom. The maximum absolute atomic E-state index is 6.09. The van der Waals surface area contributed by atoms with Gasteiger partial charge in [0, 0.05) is 0 Å². The van der Waals surface area contributed by atoms with Gasteiger partial charge in [-0.1, -0.05) is 0 Å². The minimum Gasteiger partial charge on any atom is -0.375 e. The van der Waals surface area contributed by atoms with Crippen LogP contribution in [0, 0.1) is 0 Å². The zero-order valence-electron chi connectivity index (χ0n) is 1.99. The van der Waals surface area contributed by atoms with Crippen LogP contribution in [0.2, 0.25) is 0 Å². The average Bonchev–Trinajstić information content (AvgIpc) is 0.811. The van der Waals surface area contributed by atoms with Gasteiger partial charge in [-0.25, -0.2) is 0 Å². The first-order chi connectivity index (χ1) is 1.73. The maximum Gasteiger partial charge on any atom is 0.182 e. The first kappa shape index (κ1) is 3.69. The summed E-state index contributed by atoms with van der Waals surface area (Å²) < 4.78 is 0. The summed E-state index contributed by atoms with van der Waals surface area (Å²) in [4.78, 5) is 0. The van der Waals surface area contributed by atoms with Crippen LogP contribution in [0.25, 0.3) is 0 Å². The van der Waals surface area contributed by atoms with Crippen LogP contribution in [0.1, 0.15) is 0 Å². The second kappa shape index (κ2) is 1.06. The summed E-state index contributed by atoms with van der Waals surface area (Å²) in [6.07, 6.45) is 0. The molecule has 0 bridgehead atoms. The van der Waals surface area contributed by atoms with Gasteiger partial charge in [-0.15, -0.1) is 0 Å². The third-order valence-corrected chi connectivity index (χ3v) is 0. The largest absolute Gasteiger partial charge is 0.375 e. The van der Waals surface area contributed by atoms with E-state index >= 15 is 0 Å². The van der Waals surface area contributed by atoms with Crippen molar-refractivity contribution >= 4 is 17.3 Å². The first-order valence-electron chi connectivity index (χ1n) is 0.743. The van der Waals surface area contributed by atoms with Gasteiger partial charge in [0.05, 0.1) is 0 Å². The second-order valence-corrected chi connectivity index (χ2v) is 0.804. The highest BCUT2D eigenvalue weighted by Crippen LogP contribution is 1.37. The zero-order chi connectivity index (χ0) is 3.58. The minimum atomic E-state index is -0.250. The summed E-state index contributed by atoms with van der Waals surface area (Å²) in [6.45, 7) is 0. The highest BCUT2D eigenvalue weighted by Gasteiger charge is 1.56. The van der Waals surface area contributed by atoms with E-state index in [1.807, 2.05) is 0 Å². The van der Waals surface area contributed by atoms with E-state index in [0.29, 0.717) is 0 Å². The van der Waals surface area contributed by atoms with Crippen molar-refractivity contribution in [2.45, 2.75) is 0 Å². The van der Waals surface area contributed by atoms with Crippen LogP contribution in [0.15, 0.2) is 0 Å². The number of thiocarbonyl (C=S) groups is 1. The van der Waals surface area contributed by atoms with Crippen molar-refractivity contribution in [3.05, 3.63) is 0 Å². The van der Waals surface area contributed by atoms with Gasteiger partial charge in [0.15, 0.2) is 5.11 Å². The van der Waals surface area contributed by atoms with Crippen molar-refractivity contribution in [2.75, 3.05) is 0 Å². The van der Waals surface area contributed by atoms with Gasteiger partial charge in [0.25, 0.3) is 0 Å². The standard InChI is InChI=1S/CH3N2S/c2-1(3)4/h2H,(H2,3,4). The molecular formula is CH3N2S. The Labute approximate surface area is 29.8 Å². The molecule has 0 fully saturated rings. The predicted octanol–water partition coefficient (Wildman–Crippen LogP) is -0.487. The molecule has 0 spiro atoms. The summed E-state index contributed by atoms with van der Waals surface area (Å²) in [7, 11) is 0. The lowest BCUT2D eigenvalue weighted by atomic mass is 11.3. The van der Waals surface area contributed by atoms with Crippen molar-refractivity contribution < 1.29 is 0 Å². The summed E-state index contributed by atoms with van der Waals surface area (Å²) >= 11 is 3.98. The van der Waals surface area contributed by atoms with Crippen LogP contribution < -0.4 is 11.5 Å². The molecule has 0 aromatic carbocycles. The lowest BCUT2D eigenvalue weighted by molar-refractivity contribution is 1.59. The number of hydrogen-bond donors (Lipinski definition) is 1. The number of nitrogens with two attached hydrogens (primary N) is 1. The van der Waals surface area contributed by atoms with Crippen LogP contribution >= 0.6 is 12.2 Å². The molecule has 0 aromatic rings. The molecule has 0 saturated heterocycles. The second-order valence-electron chi connectivity index (χ2n) is 0.364. The normalized spacial score (nSPS) is 6.00. The molecule has 0 amide bonds. The Morgan fingerprint density at radius 3 is 2.00 bits per heavy atom. The molecule has 0 aliphatic rings. The van der Waals surface area contributed by atoms with E-state index in [-0.39, 0.29) is 5.11 Å². The third kappa shape index (κ3) is 8.37. The van der Waals surface area contributed by atoms with E-state index in [2.05, 4.69) is 18.0 Å². The monoisotopic (exact) mass is 75.0 g/mol. The van der Waals surface area contributed by atoms with Gasteiger partial charge in [-0.2, -0.15) is 0 Å². The zero-order valence-corrected chi connectivity index (χ0v) is 2.80. The Hall–Kier alpha value is -0.310. The molecule has 0 aliphatic carbocycles. The topological polar surface area (TPSA) is 49.8 Å². The van der Waals surface area contributed by atoms with E-state index in [1.54, 1.807) is 0 Å². The Morgan fingerprint density at radius 1 is 2.00 bits per heavy atom. The molecule has 0 saturated carbocycles. The summed E-state index contributed by atoms with van der Waals surface area (Å²) in [6, 6.07) is 0. The SMILES string of the molecule is [NH]C(N)=S. The Balaban J connectivity index is 2.80. The van der Waals surface area contributed by atoms with Crippen LogP contribution in [-0.4, -0.2) is 5.11 Å². The van der Waals surface area contributed by atoms with Gasteiger partial charge in [0.1, 0.15) is 0 Å². The number of rotatable bonds is 0. The molecule has 3 N–H and O–H groups in total. The molecule has 2 nitrogen and oxygen atoms in total. The summed E-state index contributed by atoms with van der Waals surface area (Å²) in [5, 5.41) is -0.250. The van der Waals surface area contributed by atoms with Crippen molar-refractivity contribution in [3.63, 3.8) is 0 Å². The predicted molar refractivity (Wildman–Crippen MR) is 19.9 cm³/mol. The molecule has 0 aromatic heterocycles. The molecule has 0 heterocycles. The summed E-state index contributed by atoms with van der Waals surface area (Å²) in [5.74, 6) is 0. The summed E-state index contributed by atoms with van der Waals surface area (Å²) in [5.41, 5.74) is 10.6. The molecule has 3 heteroatoms. The van der Waals surface area contributed by atoms with Crippen LogP contribution in [0.3, 0.4) is 0 Å². The smallest absolute Gasteiger partial charge is 0.182 e. The van der Waals surface area contributed by atoms with Gasteiger partial charge >= 0.3 is 0 Å². The van der Waals surface area contributed by atoms with Crippen molar-refractivity contribution in [2.24, 2.45) is 5.73 Å². The quantitative estimate of drug-likeness (QED) is 0.395. The molecule has 23 valence electrons. The lowest BCUT2D eigenvalue weighted by Gasteiger charge is -1.64. The van der Waals surface area contributed by atoms with Gasteiger partial charge in [-0.3, -0.25) is 5.73 Å². The molecule has 0 aliphatic heterocycles. The molecule has 0 atom stereocenters. The fraction of sp³-hybridized carbons (Fsp3) is 0. The van der Waals surface area contributed by atoms with E-state index in [4.69, 9.17) is 5.73 Å². The van der Waals surface area contributed by atoms with Gasteiger partial charge in [0.2, 0.25) is 0 Å². The van der Waals surface area contributed by atoms with Crippen LogP contribution in [-0.2, 0) is 0 Å². The van der Waals surface area contributed by atoms with E-state index in [1.165, 1.54) is 0 Å². The third-order valence-electron chi connectivity index (χ3n) is 0. The average molecular weight is 75.1 g/mol. The van der Waals surface area contributed by atoms with Gasteiger partial charge < -0.3 is 5.73 Å². The van der Waals surface area contributed by atoms with Crippen LogP contribution in [0.5, 0.6) is 0 Å². The van der Waals surface area contributed by atoms with E-state index < -0.39 is 0 Å². The number of hydrogen-bond acceptors (Lipinski definition) is 1. The fourth-order valence-electron chi connectivity index (χ4n) is 0. The first-order valence-corrected chi connectivity index (χ1v) is 1.15. The maximum atomic E-state index is 6.09. The lowest BCUT2D eigenvalue weighted by Crippen LogP contribution is -2.06. The van der Waals surface area contributed by atoms with Crippen molar-refractivity contribution in [1.29, 1.82) is 0 Å². The van der Waals surface area contributed by atoms with Crippen LogP contribution in [0.4, 0.5) is 0 Å². The highest BCUT2D eigenvalue weighted by molar-refractivity contribution is 7.80. The fourth-order valence-corrected chi connectivity index (χ4v) is 0. The Kier molecular flexibility index (Phi) is 0.979. The highest BCUT2D eigenvalue weighted by atomic mass is 32.1. The molecule has 4 heavy (non-hydrogen) atoms.